The van der Waals surface area contributed by atoms with Gasteiger partial charge in [0.2, 0.25) is 5.91 Å². The first-order valence-electron chi connectivity index (χ1n) is 5.42. The third-order valence-electron chi connectivity index (χ3n) is 2.93. The number of tetrazole rings is 1. The summed E-state index contributed by atoms with van der Waals surface area (Å²) in [6, 6.07) is 0.416. The summed E-state index contributed by atoms with van der Waals surface area (Å²) in [6.07, 6.45) is 3.17. The molecule has 0 aromatic carbocycles. The van der Waals surface area contributed by atoms with Gasteiger partial charge in [0.15, 0.2) is 0 Å². The van der Waals surface area contributed by atoms with E-state index in [0.717, 1.165) is 19.4 Å². The molecule has 0 bridgehead atoms. The SMILES string of the molecule is CC1CC(N)CCN1C(=O)Cn1cnnn1. The summed E-state index contributed by atoms with van der Waals surface area (Å²) in [4.78, 5) is 13.8. The van der Waals surface area contributed by atoms with E-state index in [0.29, 0.717) is 0 Å². The van der Waals surface area contributed by atoms with Crippen LogP contribution in [0.4, 0.5) is 0 Å². The zero-order chi connectivity index (χ0) is 11.5. The Morgan fingerprint density at radius 2 is 2.44 bits per heavy atom. The number of piperidine rings is 1. The molecule has 2 atom stereocenters. The van der Waals surface area contributed by atoms with E-state index < -0.39 is 0 Å². The lowest BCUT2D eigenvalue weighted by Gasteiger charge is -2.36. The smallest absolute Gasteiger partial charge is 0.244 e. The molecular formula is C9H16N6O. The fourth-order valence-corrected chi connectivity index (χ4v) is 2.06. The van der Waals surface area contributed by atoms with E-state index in [9.17, 15) is 4.79 Å². The summed E-state index contributed by atoms with van der Waals surface area (Å²) in [5.41, 5.74) is 5.85. The Hall–Kier alpha value is -1.50. The molecule has 1 aromatic rings. The molecule has 1 fully saturated rings. The van der Waals surface area contributed by atoms with Crippen LogP contribution in [0.1, 0.15) is 19.8 Å². The molecule has 2 heterocycles. The first kappa shape index (κ1) is 11.0. The van der Waals surface area contributed by atoms with Crippen LogP contribution in [0.25, 0.3) is 0 Å². The van der Waals surface area contributed by atoms with Crippen LogP contribution < -0.4 is 5.73 Å². The lowest BCUT2D eigenvalue weighted by Crippen LogP contribution is -2.49. The van der Waals surface area contributed by atoms with Crippen LogP contribution in [-0.4, -0.2) is 49.6 Å². The fraction of sp³-hybridized carbons (Fsp3) is 0.778. The summed E-state index contributed by atoms with van der Waals surface area (Å²) in [7, 11) is 0. The van der Waals surface area contributed by atoms with Crippen LogP contribution in [0.3, 0.4) is 0 Å². The Labute approximate surface area is 93.6 Å². The van der Waals surface area contributed by atoms with E-state index in [2.05, 4.69) is 15.5 Å². The van der Waals surface area contributed by atoms with Gasteiger partial charge in [0.05, 0.1) is 0 Å². The highest BCUT2D eigenvalue weighted by Crippen LogP contribution is 2.16. The summed E-state index contributed by atoms with van der Waals surface area (Å²) in [5.74, 6) is 0.0479. The first-order valence-corrected chi connectivity index (χ1v) is 5.42. The zero-order valence-electron chi connectivity index (χ0n) is 9.28. The minimum absolute atomic E-state index is 0.0479. The zero-order valence-corrected chi connectivity index (χ0v) is 9.28. The van der Waals surface area contributed by atoms with Gasteiger partial charge >= 0.3 is 0 Å². The van der Waals surface area contributed by atoms with Crippen molar-refractivity contribution in [2.45, 2.75) is 38.4 Å². The molecule has 0 saturated carbocycles. The minimum Gasteiger partial charge on any atom is -0.338 e. The molecule has 7 heteroatoms. The number of carbonyl (C=O) groups excluding carboxylic acids is 1. The molecule has 1 aliphatic rings. The maximum atomic E-state index is 12.0. The maximum Gasteiger partial charge on any atom is 0.244 e. The Morgan fingerprint density at radius 3 is 3.06 bits per heavy atom. The van der Waals surface area contributed by atoms with E-state index in [1.54, 1.807) is 0 Å². The fourth-order valence-electron chi connectivity index (χ4n) is 2.06. The maximum absolute atomic E-state index is 12.0. The van der Waals surface area contributed by atoms with Gasteiger partial charge in [-0.25, -0.2) is 4.68 Å². The molecular weight excluding hydrogens is 208 g/mol. The molecule has 1 aliphatic heterocycles. The Morgan fingerprint density at radius 1 is 1.62 bits per heavy atom. The third kappa shape index (κ3) is 2.35. The standard InChI is InChI=1S/C9H16N6O/c1-7-4-8(10)2-3-15(7)9(16)5-14-6-11-12-13-14/h6-8H,2-5,10H2,1H3. The second-order valence-corrected chi connectivity index (χ2v) is 4.23. The predicted molar refractivity (Wildman–Crippen MR) is 56.2 cm³/mol. The Bertz CT molecular complexity index is 351. The molecule has 0 radical (unpaired) electrons. The van der Waals surface area contributed by atoms with Gasteiger partial charge in [0.1, 0.15) is 12.9 Å². The van der Waals surface area contributed by atoms with Gasteiger partial charge in [0, 0.05) is 18.6 Å². The molecule has 2 unspecified atom stereocenters. The van der Waals surface area contributed by atoms with Gasteiger partial charge in [-0.3, -0.25) is 4.79 Å². The van der Waals surface area contributed by atoms with E-state index in [-0.39, 0.29) is 24.5 Å². The van der Waals surface area contributed by atoms with Crippen molar-refractivity contribution in [2.75, 3.05) is 6.54 Å². The predicted octanol–water partition coefficient (Wildman–Crippen LogP) is -0.989. The highest BCUT2D eigenvalue weighted by molar-refractivity contribution is 5.76. The van der Waals surface area contributed by atoms with Gasteiger partial charge in [-0.2, -0.15) is 0 Å². The summed E-state index contributed by atoms with van der Waals surface area (Å²) < 4.78 is 1.43. The molecule has 1 aromatic heterocycles. The molecule has 1 amide bonds. The van der Waals surface area contributed by atoms with E-state index in [4.69, 9.17) is 5.73 Å². The van der Waals surface area contributed by atoms with Crippen molar-refractivity contribution in [2.24, 2.45) is 5.73 Å². The molecule has 2 N–H and O–H groups in total. The summed E-state index contributed by atoms with van der Waals surface area (Å²) >= 11 is 0. The summed E-state index contributed by atoms with van der Waals surface area (Å²) in [6.45, 7) is 2.95. The van der Waals surface area contributed by atoms with E-state index in [1.165, 1.54) is 11.0 Å². The van der Waals surface area contributed by atoms with Crippen molar-refractivity contribution in [3.63, 3.8) is 0 Å². The number of hydrogen-bond acceptors (Lipinski definition) is 5. The van der Waals surface area contributed by atoms with Crippen molar-refractivity contribution >= 4 is 5.91 Å². The quantitative estimate of drug-likeness (QED) is 0.696. The minimum atomic E-state index is 0.0479. The Balaban J connectivity index is 1.94. The molecule has 1 saturated heterocycles. The number of aromatic nitrogens is 4. The highest BCUT2D eigenvalue weighted by Gasteiger charge is 2.26. The van der Waals surface area contributed by atoms with Gasteiger partial charge in [0.25, 0.3) is 0 Å². The van der Waals surface area contributed by atoms with Crippen molar-refractivity contribution in [3.8, 4) is 0 Å². The van der Waals surface area contributed by atoms with Gasteiger partial charge < -0.3 is 10.6 Å². The van der Waals surface area contributed by atoms with Gasteiger partial charge in [-0.1, -0.05) is 0 Å². The lowest BCUT2D eigenvalue weighted by molar-refractivity contribution is -0.135. The number of amides is 1. The number of nitrogens with two attached hydrogens (primary N) is 1. The second kappa shape index (κ2) is 4.56. The molecule has 88 valence electrons. The second-order valence-electron chi connectivity index (χ2n) is 4.23. The number of nitrogens with zero attached hydrogens (tertiary/aromatic N) is 5. The van der Waals surface area contributed by atoms with Crippen molar-refractivity contribution in [1.82, 2.24) is 25.1 Å². The van der Waals surface area contributed by atoms with Crippen LogP contribution in [0, 0.1) is 0 Å². The molecule has 7 nitrogen and oxygen atoms in total. The molecule has 0 aliphatic carbocycles. The number of carbonyl (C=O) groups is 1. The largest absolute Gasteiger partial charge is 0.338 e. The monoisotopic (exact) mass is 224 g/mol. The Kier molecular flexibility index (Phi) is 3.14. The lowest BCUT2D eigenvalue weighted by atomic mass is 9.99. The van der Waals surface area contributed by atoms with Gasteiger partial charge in [-0.15, -0.1) is 5.10 Å². The van der Waals surface area contributed by atoms with E-state index >= 15 is 0 Å². The van der Waals surface area contributed by atoms with Crippen molar-refractivity contribution in [1.29, 1.82) is 0 Å². The number of hydrogen-bond donors (Lipinski definition) is 1. The average Bonchev–Trinajstić information content (AvgIpc) is 2.70. The summed E-state index contributed by atoms with van der Waals surface area (Å²) in [5, 5.41) is 10.7. The number of rotatable bonds is 2. The third-order valence-corrected chi connectivity index (χ3v) is 2.93. The van der Waals surface area contributed by atoms with Crippen molar-refractivity contribution < 1.29 is 4.79 Å². The van der Waals surface area contributed by atoms with Crippen LogP contribution in [0.2, 0.25) is 0 Å². The van der Waals surface area contributed by atoms with Crippen LogP contribution in [0.5, 0.6) is 0 Å². The number of likely N-dealkylation sites (tertiary alicyclic amines) is 1. The molecule has 2 rings (SSSR count). The highest BCUT2D eigenvalue weighted by atomic mass is 16.2. The topological polar surface area (TPSA) is 89.9 Å². The first-order chi connectivity index (χ1) is 7.66. The normalized spacial score (nSPS) is 25.8. The van der Waals surface area contributed by atoms with Crippen LogP contribution in [0.15, 0.2) is 6.33 Å². The van der Waals surface area contributed by atoms with Crippen LogP contribution >= 0.6 is 0 Å². The molecule has 0 spiro atoms. The van der Waals surface area contributed by atoms with E-state index in [1.807, 2.05) is 11.8 Å². The average molecular weight is 224 g/mol. The van der Waals surface area contributed by atoms with Crippen molar-refractivity contribution in [3.05, 3.63) is 6.33 Å². The van der Waals surface area contributed by atoms with Gasteiger partial charge in [-0.05, 0) is 30.2 Å². The molecule has 16 heavy (non-hydrogen) atoms. The van der Waals surface area contributed by atoms with Crippen LogP contribution in [-0.2, 0) is 11.3 Å².